The van der Waals surface area contributed by atoms with Gasteiger partial charge in [-0.25, -0.2) is 0 Å². The second-order valence-electron chi connectivity index (χ2n) is 6.47. The molecule has 4 nitrogen and oxygen atoms in total. The average Bonchev–Trinajstić information content (AvgIpc) is 2.89. The molecule has 0 saturated carbocycles. The zero-order valence-electron chi connectivity index (χ0n) is 12.6. The van der Waals surface area contributed by atoms with Crippen molar-refractivity contribution in [2.45, 2.75) is 6.92 Å². The highest BCUT2D eigenvalue weighted by atomic mass is 79.9. The van der Waals surface area contributed by atoms with E-state index in [1.54, 1.807) is 0 Å². The summed E-state index contributed by atoms with van der Waals surface area (Å²) >= 11 is 3.50. The summed E-state index contributed by atoms with van der Waals surface area (Å²) in [7, 11) is 2.18. The lowest BCUT2D eigenvalue weighted by molar-refractivity contribution is -0.117. The number of nitrogens with zero attached hydrogens (tertiary/aromatic N) is 2. The van der Waals surface area contributed by atoms with Gasteiger partial charge < -0.3 is 10.2 Å². The van der Waals surface area contributed by atoms with Gasteiger partial charge in [0.15, 0.2) is 0 Å². The standard InChI is InChI=1S/C16H22BrN3O/c1-11-3-4-15(14(17)5-11)18-16(21)10-20-8-12-6-19(2)7-13(12)9-20/h3-5,12-13H,6-10H2,1-2H3,(H,18,21)/t12-,13+. The van der Waals surface area contributed by atoms with Crippen molar-refractivity contribution in [1.29, 1.82) is 0 Å². The monoisotopic (exact) mass is 351 g/mol. The number of halogens is 1. The highest BCUT2D eigenvalue weighted by Gasteiger charge is 2.38. The van der Waals surface area contributed by atoms with E-state index >= 15 is 0 Å². The van der Waals surface area contributed by atoms with Crippen molar-refractivity contribution in [3.63, 3.8) is 0 Å². The fraction of sp³-hybridized carbons (Fsp3) is 0.562. The number of benzene rings is 1. The number of likely N-dealkylation sites (tertiary alicyclic amines) is 2. The fourth-order valence-corrected chi connectivity index (χ4v) is 4.16. The Labute approximate surface area is 134 Å². The molecule has 2 saturated heterocycles. The first-order chi connectivity index (χ1) is 10.0. The first-order valence-electron chi connectivity index (χ1n) is 7.48. The van der Waals surface area contributed by atoms with E-state index < -0.39 is 0 Å². The number of amides is 1. The van der Waals surface area contributed by atoms with E-state index in [0.29, 0.717) is 6.54 Å². The molecule has 1 amide bonds. The quantitative estimate of drug-likeness (QED) is 0.906. The molecule has 0 aromatic heterocycles. The number of aryl methyl sites for hydroxylation is 1. The molecular formula is C16H22BrN3O. The molecule has 114 valence electrons. The molecular weight excluding hydrogens is 330 g/mol. The second kappa shape index (κ2) is 6.07. The van der Waals surface area contributed by atoms with E-state index in [9.17, 15) is 4.79 Å². The average molecular weight is 352 g/mol. The number of nitrogens with one attached hydrogen (secondary N) is 1. The number of anilines is 1. The summed E-state index contributed by atoms with van der Waals surface area (Å²) < 4.78 is 0.941. The molecule has 2 aliphatic rings. The number of carbonyl (C=O) groups is 1. The summed E-state index contributed by atoms with van der Waals surface area (Å²) in [5.74, 6) is 1.57. The minimum Gasteiger partial charge on any atom is -0.324 e. The molecule has 0 radical (unpaired) electrons. The number of hydrogen-bond acceptors (Lipinski definition) is 3. The van der Waals surface area contributed by atoms with Crippen LogP contribution in [0.3, 0.4) is 0 Å². The fourth-order valence-electron chi connectivity index (χ4n) is 3.57. The molecule has 3 rings (SSSR count). The van der Waals surface area contributed by atoms with E-state index in [2.05, 4.69) is 38.1 Å². The molecule has 0 aliphatic carbocycles. The topological polar surface area (TPSA) is 35.6 Å². The molecule has 1 aromatic carbocycles. The van der Waals surface area contributed by atoms with Crippen molar-refractivity contribution >= 4 is 27.5 Å². The molecule has 2 atom stereocenters. The van der Waals surface area contributed by atoms with Crippen LogP contribution in [0, 0.1) is 18.8 Å². The smallest absolute Gasteiger partial charge is 0.238 e. The zero-order valence-corrected chi connectivity index (χ0v) is 14.2. The van der Waals surface area contributed by atoms with E-state index in [1.165, 1.54) is 18.7 Å². The van der Waals surface area contributed by atoms with Crippen LogP contribution in [0.2, 0.25) is 0 Å². The van der Waals surface area contributed by atoms with Crippen LogP contribution in [-0.4, -0.2) is 55.5 Å². The Hall–Kier alpha value is -0.910. The van der Waals surface area contributed by atoms with Gasteiger partial charge in [0.1, 0.15) is 0 Å². The lowest BCUT2D eigenvalue weighted by atomic mass is 10.0. The summed E-state index contributed by atoms with van der Waals surface area (Å²) in [5.41, 5.74) is 2.03. The Morgan fingerprint density at radius 1 is 1.29 bits per heavy atom. The van der Waals surface area contributed by atoms with E-state index in [4.69, 9.17) is 0 Å². The van der Waals surface area contributed by atoms with Gasteiger partial charge in [0, 0.05) is 30.7 Å². The lowest BCUT2D eigenvalue weighted by Gasteiger charge is -2.18. The molecule has 0 spiro atoms. The van der Waals surface area contributed by atoms with Gasteiger partial charge in [-0.2, -0.15) is 0 Å². The maximum atomic E-state index is 12.2. The Bertz CT molecular complexity index is 534. The van der Waals surface area contributed by atoms with Crippen molar-refractivity contribution in [3.05, 3.63) is 28.2 Å². The van der Waals surface area contributed by atoms with E-state index in [-0.39, 0.29) is 5.91 Å². The minimum atomic E-state index is 0.0767. The molecule has 2 aliphatic heterocycles. The van der Waals surface area contributed by atoms with Crippen LogP contribution in [0.1, 0.15) is 5.56 Å². The van der Waals surface area contributed by atoms with Crippen molar-refractivity contribution in [1.82, 2.24) is 9.80 Å². The predicted octanol–water partition coefficient (Wildman–Crippen LogP) is 2.19. The maximum Gasteiger partial charge on any atom is 0.238 e. The highest BCUT2D eigenvalue weighted by Crippen LogP contribution is 2.30. The van der Waals surface area contributed by atoms with Gasteiger partial charge in [-0.05, 0) is 59.4 Å². The third-order valence-electron chi connectivity index (χ3n) is 4.51. The SMILES string of the molecule is Cc1ccc(NC(=O)CN2C[C@H]3CN(C)C[C@H]3C2)c(Br)c1. The largest absolute Gasteiger partial charge is 0.324 e. The Balaban J connectivity index is 1.53. The van der Waals surface area contributed by atoms with Gasteiger partial charge in [0.25, 0.3) is 0 Å². The van der Waals surface area contributed by atoms with Crippen molar-refractivity contribution in [2.75, 3.05) is 45.1 Å². The number of hydrogen-bond donors (Lipinski definition) is 1. The number of fused-ring (bicyclic) bond motifs is 1. The summed E-state index contributed by atoms with van der Waals surface area (Å²) in [5, 5.41) is 3.00. The first kappa shape index (κ1) is 15.0. The van der Waals surface area contributed by atoms with Gasteiger partial charge in [0.05, 0.1) is 12.2 Å². The molecule has 0 unspecified atom stereocenters. The Morgan fingerprint density at radius 2 is 1.95 bits per heavy atom. The second-order valence-corrected chi connectivity index (χ2v) is 7.32. The molecule has 21 heavy (non-hydrogen) atoms. The van der Waals surface area contributed by atoms with E-state index in [0.717, 1.165) is 35.1 Å². The molecule has 2 heterocycles. The minimum absolute atomic E-state index is 0.0767. The third-order valence-corrected chi connectivity index (χ3v) is 5.17. The van der Waals surface area contributed by atoms with Gasteiger partial charge in [-0.3, -0.25) is 9.69 Å². The Kier molecular flexibility index (Phi) is 4.33. The molecule has 1 N–H and O–H groups in total. The summed E-state index contributed by atoms with van der Waals surface area (Å²) in [6.07, 6.45) is 0. The van der Waals surface area contributed by atoms with Gasteiger partial charge in [0.2, 0.25) is 5.91 Å². The van der Waals surface area contributed by atoms with Crippen LogP contribution in [0.25, 0.3) is 0 Å². The molecule has 5 heteroatoms. The van der Waals surface area contributed by atoms with E-state index in [1.807, 2.05) is 25.1 Å². The zero-order chi connectivity index (χ0) is 15.0. The molecule has 0 bridgehead atoms. The molecule has 2 fully saturated rings. The normalized spacial score (nSPS) is 26.0. The lowest BCUT2D eigenvalue weighted by Crippen LogP contribution is -2.34. The van der Waals surface area contributed by atoms with Crippen LogP contribution in [-0.2, 0) is 4.79 Å². The van der Waals surface area contributed by atoms with Gasteiger partial charge in [-0.1, -0.05) is 6.07 Å². The van der Waals surface area contributed by atoms with Crippen molar-refractivity contribution < 1.29 is 4.79 Å². The Morgan fingerprint density at radius 3 is 2.57 bits per heavy atom. The first-order valence-corrected chi connectivity index (χ1v) is 8.27. The van der Waals surface area contributed by atoms with Crippen LogP contribution < -0.4 is 5.32 Å². The molecule has 1 aromatic rings. The summed E-state index contributed by atoms with van der Waals surface area (Å²) in [4.78, 5) is 16.9. The summed E-state index contributed by atoms with van der Waals surface area (Å²) in [6, 6.07) is 5.98. The number of rotatable bonds is 3. The van der Waals surface area contributed by atoms with Crippen molar-refractivity contribution in [2.24, 2.45) is 11.8 Å². The van der Waals surface area contributed by atoms with Crippen LogP contribution in [0.15, 0.2) is 22.7 Å². The van der Waals surface area contributed by atoms with Crippen LogP contribution in [0.4, 0.5) is 5.69 Å². The van der Waals surface area contributed by atoms with Crippen molar-refractivity contribution in [3.8, 4) is 0 Å². The predicted molar refractivity (Wildman–Crippen MR) is 88.4 cm³/mol. The van der Waals surface area contributed by atoms with Gasteiger partial charge in [-0.15, -0.1) is 0 Å². The third kappa shape index (κ3) is 3.47. The summed E-state index contributed by atoms with van der Waals surface area (Å²) in [6.45, 7) is 6.99. The number of carbonyl (C=O) groups excluding carboxylic acids is 1. The van der Waals surface area contributed by atoms with Crippen LogP contribution >= 0.6 is 15.9 Å². The van der Waals surface area contributed by atoms with Gasteiger partial charge >= 0.3 is 0 Å². The highest BCUT2D eigenvalue weighted by molar-refractivity contribution is 9.10. The maximum absolute atomic E-state index is 12.2. The van der Waals surface area contributed by atoms with Crippen LogP contribution in [0.5, 0.6) is 0 Å².